The summed E-state index contributed by atoms with van der Waals surface area (Å²) < 4.78 is 1.66. The number of aromatic nitrogens is 4. The van der Waals surface area contributed by atoms with Crippen molar-refractivity contribution in [3.8, 4) is 0 Å². The van der Waals surface area contributed by atoms with Crippen LogP contribution in [0.15, 0.2) is 23.6 Å². The molecule has 1 atom stereocenters. The van der Waals surface area contributed by atoms with Crippen LogP contribution in [0.4, 0.5) is 5.82 Å². The standard InChI is InChI=1S/C13H19N5/c1-3-5-6-11(4-2)9-15-12-7-8-14-13-16-10-17-18(12)13/h7-11H,3-6H2,1-2H3. The lowest BCUT2D eigenvalue weighted by atomic mass is 10.0. The Hall–Kier alpha value is -1.78. The van der Waals surface area contributed by atoms with E-state index in [1.807, 2.05) is 12.3 Å². The molecular formula is C13H19N5. The lowest BCUT2D eigenvalue weighted by Gasteiger charge is -2.07. The number of hydrogen-bond acceptors (Lipinski definition) is 4. The topological polar surface area (TPSA) is 55.4 Å². The zero-order valence-corrected chi connectivity index (χ0v) is 11.0. The van der Waals surface area contributed by atoms with Crippen LogP contribution in [0.5, 0.6) is 0 Å². The number of unbranched alkanes of at least 4 members (excludes halogenated alkanes) is 1. The highest BCUT2D eigenvalue weighted by molar-refractivity contribution is 5.64. The van der Waals surface area contributed by atoms with Crippen LogP contribution in [-0.2, 0) is 0 Å². The maximum atomic E-state index is 4.53. The van der Waals surface area contributed by atoms with Crippen molar-refractivity contribution < 1.29 is 0 Å². The van der Waals surface area contributed by atoms with Gasteiger partial charge in [-0.15, -0.1) is 0 Å². The van der Waals surface area contributed by atoms with Gasteiger partial charge in [0.15, 0.2) is 5.82 Å². The number of aliphatic imine (C=N–C) groups is 1. The molecular weight excluding hydrogens is 226 g/mol. The van der Waals surface area contributed by atoms with Crippen molar-refractivity contribution in [3.63, 3.8) is 0 Å². The van der Waals surface area contributed by atoms with E-state index in [1.54, 1.807) is 10.7 Å². The molecule has 0 aliphatic heterocycles. The summed E-state index contributed by atoms with van der Waals surface area (Å²) in [4.78, 5) is 12.7. The van der Waals surface area contributed by atoms with Gasteiger partial charge in [-0.1, -0.05) is 26.7 Å². The first-order chi connectivity index (χ1) is 8.85. The lowest BCUT2D eigenvalue weighted by Crippen LogP contribution is -2.00. The fraction of sp³-hybridized carbons (Fsp3) is 0.538. The summed E-state index contributed by atoms with van der Waals surface area (Å²) in [5, 5.41) is 4.11. The summed E-state index contributed by atoms with van der Waals surface area (Å²) in [5.41, 5.74) is 0. The maximum Gasteiger partial charge on any atom is 0.254 e. The summed E-state index contributed by atoms with van der Waals surface area (Å²) in [6.07, 6.45) is 10.0. The summed E-state index contributed by atoms with van der Waals surface area (Å²) >= 11 is 0. The quantitative estimate of drug-likeness (QED) is 0.735. The third kappa shape index (κ3) is 2.91. The van der Waals surface area contributed by atoms with Crippen LogP contribution in [0.2, 0.25) is 0 Å². The summed E-state index contributed by atoms with van der Waals surface area (Å²) in [7, 11) is 0. The Morgan fingerprint density at radius 1 is 1.39 bits per heavy atom. The van der Waals surface area contributed by atoms with Gasteiger partial charge < -0.3 is 0 Å². The second kappa shape index (κ2) is 6.23. The van der Waals surface area contributed by atoms with E-state index < -0.39 is 0 Å². The smallest absolute Gasteiger partial charge is 0.241 e. The first-order valence-corrected chi connectivity index (χ1v) is 6.54. The molecule has 0 fully saturated rings. The van der Waals surface area contributed by atoms with Crippen molar-refractivity contribution in [3.05, 3.63) is 18.6 Å². The molecule has 5 nitrogen and oxygen atoms in total. The lowest BCUT2D eigenvalue weighted by molar-refractivity contribution is 0.576. The second-order valence-corrected chi connectivity index (χ2v) is 4.36. The second-order valence-electron chi connectivity index (χ2n) is 4.36. The average Bonchev–Trinajstić information content (AvgIpc) is 2.88. The summed E-state index contributed by atoms with van der Waals surface area (Å²) in [6.45, 7) is 4.41. The molecule has 2 aromatic heterocycles. The maximum absolute atomic E-state index is 4.53. The van der Waals surface area contributed by atoms with Crippen LogP contribution in [0, 0.1) is 5.92 Å². The Bertz CT molecular complexity index is 517. The molecule has 1 unspecified atom stereocenters. The number of hydrogen-bond donors (Lipinski definition) is 0. The Morgan fingerprint density at radius 3 is 3.06 bits per heavy atom. The zero-order valence-electron chi connectivity index (χ0n) is 11.0. The van der Waals surface area contributed by atoms with Crippen molar-refractivity contribution in [1.29, 1.82) is 0 Å². The molecule has 96 valence electrons. The Morgan fingerprint density at radius 2 is 2.28 bits per heavy atom. The van der Waals surface area contributed by atoms with Crippen LogP contribution in [0.1, 0.15) is 39.5 Å². The molecule has 0 saturated carbocycles. The van der Waals surface area contributed by atoms with Crippen LogP contribution in [0.3, 0.4) is 0 Å². The van der Waals surface area contributed by atoms with E-state index in [0.29, 0.717) is 11.7 Å². The molecule has 0 radical (unpaired) electrons. The molecule has 0 saturated heterocycles. The van der Waals surface area contributed by atoms with Crippen LogP contribution < -0.4 is 0 Å². The zero-order chi connectivity index (χ0) is 12.8. The molecule has 0 amide bonds. The van der Waals surface area contributed by atoms with Gasteiger partial charge in [-0.05, 0) is 18.8 Å². The van der Waals surface area contributed by atoms with Gasteiger partial charge in [0.1, 0.15) is 6.33 Å². The van der Waals surface area contributed by atoms with Crippen molar-refractivity contribution in [1.82, 2.24) is 19.6 Å². The molecule has 2 rings (SSSR count). The highest BCUT2D eigenvalue weighted by Gasteiger charge is 2.04. The van der Waals surface area contributed by atoms with Gasteiger partial charge in [-0.2, -0.15) is 14.6 Å². The molecule has 0 aromatic carbocycles. The highest BCUT2D eigenvalue weighted by atomic mass is 15.3. The number of nitrogens with zero attached hydrogens (tertiary/aromatic N) is 5. The van der Waals surface area contributed by atoms with E-state index >= 15 is 0 Å². The third-order valence-corrected chi connectivity index (χ3v) is 3.03. The molecule has 0 bridgehead atoms. The molecule has 0 N–H and O–H groups in total. The van der Waals surface area contributed by atoms with Crippen molar-refractivity contribution in [2.45, 2.75) is 39.5 Å². The largest absolute Gasteiger partial charge is 0.254 e. The summed E-state index contributed by atoms with van der Waals surface area (Å²) in [5.74, 6) is 1.91. The predicted molar refractivity (Wildman–Crippen MR) is 72.2 cm³/mol. The van der Waals surface area contributed by atoms with Crippen LogP contribution in [-0.4, -0.2) is 25.8 Å². The molecule has 0 aliphatic rings. The van der Waals surface area contributed by atoms with E-state index in [-0.39, 0.29) is 0 Å². The number of rotatable bonds is 6. The molecule has 0 aliphatic carbocycles. The van der Waals surface area contributed by atoms with E-state index in [1.165, 1.54) is 25.6 Å². The van der Waals surface area contributed by atoms with Gasteiger partial charge in [0, 0.05) is 18.5 Å². The third-order valence-electron chi connectivity index (χ3n) is 3.03. The van der Waals surface area contributed by atoms with Gasteiger partial charge in [0.25, 0.3) is 5.78 Å². The monoisotopic (exact) mass is 245 g/mol. The molecule has 2 aromatic rings. The Kier molecular flexibility index (Phi) is 4.39. The molecule has 0 spiro atoms. The minimum Gasteiger partial charge on any atom is -0.241 e. The van der Waals surface area contributed by atoms with E-state index in [9.17, 15) is 0 Å². The molecule has 2 heterocycles. The van der Waals surface area contributed by atoms with Gasteiger partial charge in [0.05, 0.1) is 0 Å². The number of fused-ring (bicyclic) bond motifs is 1. The SMILES string of the molecule is CCCCC(C=Nc1ccnc2ncnn12)CC. The van der Waals surface area contributed by atoms with Gasteiger partial charge >= 0.3 is 0 Å². The van der Waals surface area contributed by atoms with Crippen molar-refractivity contribution in [2.75, 3.05) is 0 Å². The van der Waals surface area contributed by atoms with Gasteiger partial charge in [-0.25, -0.2) is 9.98 Å². The average molecular weight is 245 g/mol. The highest BCUT2D eigenvalue weighted by Crippen LogP contribution is 2.14. The van der Waals surface area contributed by atoms with Crippen LogP contribution in [0.25, 0.3) is 5.78 Å². The normalized spacial score (nSPS) is 13.4. The predicted octanol–water partition coefficient (Wildman–Crippen LogP) is 3.04. The minimum atomic E-state index is 0.539. The van der Waals surface area contributed by atoms with E-state index in [2.05, 4.69) is 33.9 Å². The van der Waals surface area contributed by atoms with Crippen molar-refractivity contribution in [2.24, 2.45) is 10.9 Å². The molecule has 5 heteroatoms. The van der Waals surface area contributed by atoms with Crippen molar-refractivity contribution >= 4 is 17.8 Å². The van der Waals surface area contributed by atoms with Gasteiger partial charge in [-0.3, -0.25) is 0 Å². The van der Waals surface area contributed by atoms with Gasteiger partial charge in [0.2, 0.25) is 0 Å². The van der Waals surface area contributed by atoms with Crippen LogP contribution >= 0.6 is 0 Å². The fourth-order valence-corrected chi connectivity index (χ4v) is 1.86. The van der Waals surface area contributed by atoms with E-state index in [0.717, 1.165) is 12.2 Å². The minimum absolute atomic E-state index is 0.539. The first kappa shape index (κ1) is 12.7. The fourth-order valence-electron chi connectivity index (χ4n) is 1.86. The Balaban J connectivity index is 2.14. The van der Waals surface area contributed by atoms with E-state index in [4.69, 9.17) is 0 Å². The first-order valence-electron chi connectivity index (χ1n) is 6.54. The Labute approximate surface area is 107 Å². The summed E-state index contributed by atoms with van der Waals surface area (Å²) in [6, 6.07) is 1.85. The molecule has 18 heavy (non-hydrogen) atoms.